The number of phenolic OH excluding ortho intramolecular Hbond substituents is 1. The summed E-state index contributed by atoms with van der Waals surface area (Å²) in [6.07, 6.45) is 0.536. The Balaban J connectivity index is 2.98. The monoisotopic (exact) mass is 363 g/mol. The van der Waals surface area contributed by atoms with Crippen molar-refractivity contribution < 1.29 is 15.0 Å². The first kappa shape index (κ1) is 15.2. The molecule has 0 aliphatic heterocycles. The topological polar surface area (TPSA) is 60.8 Å². The van der Waals surface area contributed by atoms with Crippen molar-refractivity contribution in [2.45, 2.75) is 26.3 Å². The Morgan fingerprint density at radius 1 is 1.44 bits per heavy atom. The fourth-order valence-corrected chi connectivity index (χ4v) is 2.16. The Kier molecular flexibility index (Phi) is 5.87. The van der Waals surface area contributed by atoms with E-state index >= 15 is 0 Å². The maximum absolute atomic E-state index is 12.3. The summed E-state index contributed by atoms with van der Waals surface area (Å²) < 4.78 is 0.902. The van der Waals surface area contributed by atoms with E-state index in [2.05, 4.69) is 22.6 Å². The van der Waals surface area contributed by atoms with Crippen molar-refractivity contribution in [1.29, 1.82) is 0 Å². The molecular weight excluding hydrogens is 345 g/mol. The second-order valence-electron chi connectivity index (χ2n) is 4.33. The van der Waals surface area contributed by atoms with Crippen molar-refractivity contribution in [1.82, 2.24) is 4.90 Å². The number of hydrogen-bond donors (Lipinski definition) is 2. The third-order valence-corrected chi connectivity index (χ3v) is 3.30. The first-order valence-electron chi connectivity index (χ1n) is 5.87. The molecule has 0 heterocycles. The van der Waals surface area contributed by atoms with Crippen LogP contribution in [0, 0.1) is 3.57 Å². The lowest BCUT2D eigenvalue weighted by Gasteiger charge is -2.27. The van der Waals surface area contributed by atoms with Crippen molar-refractivity contribution >= 4 is 28.5 Å². The number of phenols is 1. The maximum Gasteiger partial charge on any atom is 0.257 e. The minimum atomic E-state index is -0.200. The quantitative estimate of drug-likeness (QED) is 0.789. The van der Waals surface area contributed by atoms with Gasteiger partial charge in [0.1, 0.15) is 5.75 Å². The number of nitrogens with zero attached hydrogens (tertiary/aromatic N) is 1. The molecule has 18 heavy (non-hydrogen) atoms. The van der Waals surface area contributed by atoms with Crippen molar-refractivity contribution in [3.05, 3.63) is 27.3 Å². The summed E-state index contributed by atoms with van der Waals surface area (Å²) in [7, 11) is 0. The summed E-state index contributed by atoms with van der Waals surface area (Å²) >= 11 is 2.10. The molecule has 100 valence electrons. The van der Waals surface area contributed by atoms with Gasteiger partial charge in [0.2, 0.25) is 0 Å². The predicted octanol–water partition coefficient (Wildman–Crippen LogP) is 2.23. The van der Waals surface area contributed by atoms with Crippen LogP contribution in [0.15, 0.2) is 18.2 Å². The van der Waals surface area contributed by atoms with Crippen LogP contribution < -0.4 is 0 Å². The first-order chi connectivity index (χ1) is 8.47. The van der Waals surface area contributed by atoms with Crippen LogP contribution in [-0.4, -0.2) is 40.2 Å². The molecule has 0 bridgehead atoms. The number of halogens is 1. The number of aromatic hydroxyl groups is 1. The second-order valence-corrected chi connectivity index (χ2v) is 5.58. The fraction of sp³-hybridized carbons (Fsp3) is 0.462. The predicted molar refractivity (Wildman–Crippen MR) is 78.7 cm³/mol. The van der Waals surface area contributed by atoms with Gasteiger partial charge in [-0.25, -0.2) is 0 Å². The Morgan fingerprint density at radius 3 is 2.67 bits per heavy atom. The molecule has 1 aromatic rings. The molecule has 0 spiro atoms. The van der Waals surface area contributed by atoms with E-state index < -0.39 is 0 Å². The van der Waals surface area contributed by atoms with Gasteiger partial charge in [0.05, 0.1) is 5.56 Å². The van der Waals surface area contributed by atoms with Gasteiger partial charge in [0.15, 0.2) is 0 Å². The van der Waals surface area contributed by atoms with Gasteiger partial charge in [-0.3, -0.25) is 4.79 Å². The zero-order valence-electron chi connectivity index (χ0n) is 10.6. The van der Waals surface area contributed by atoms with E-state index in [9.17, 15) is 9.90 Å². The van der Waals surface area contributed by atoms with Crippen LogP contribution >= 0.6 is 22.6 Å². The van der Waals surface area contributed by atoms with Gasteiger partial charge < -0.3 is 15.1 Å². The van der Waals surface area contributed by atoms with Gasteiger partial charge in [0, 0.05) is 22.8 Å². The van der Waals surface area contributed by atoms with E-state index in [1.54, 1.807) is 17.0 Å². The van der Waals surface area contributed by atoms with Gasteiger partial charge in [-0.05, 0) is 61.1 Å². The van der Waals surface area contributed by atoms with Gasteiger partial charge in [-0.2, -0.15) is 0 Å². The lowest BCUT2D eigenvalue weighted by molar-refractivity contribution is 0.0690. The molecule has 0 radical (unpaired) electrons. The zero-order valence-corrected chi connectivity index (χ0v) is 12.7. The van der Waals surface area contributed by atoms with Crippen LogP contribution in [0.1, 0.15) is 30.6 Å². The van der Waals surface area contributed by atoms with E-state index in [1.165, 1.54) is 6.07 Å². The van der Waals surface area contributed by atoms with Gasteiger partial charge >= 0.3 is 0 Å². The molecule has 0 aromatic heterocycles. The summed E-state index contributed by atoms with van der Waals surface area (Å²) in [6, 6.07) is 4.98. The summed E-state index contributed by atoms with van der Waals surface area (Å²) in [5.74, 6) is -0.204. The number of amides is 1. The molecule has 0 aliphatic rings. The maximum atomic E-state index is 12.3. The first-order valence-corrected chi connectivity index (χ1v) is 6.95. The molecule has 0 fully saturated rings. The van der Waals surface area contributed by atoms with Crippen LogP contribution in [0.3, 0.4) is 0 Å². The molecular formula is C13H18INO3. The fourth-order valence-electron chi connectivity index (χ4n) is 1.67. The largest absolute Gasteiger partial charge is 0.507 e. The van der Waals surface area contributed by atoms with Gasteiger partial charge in [-0.1, -0.05) is 0 Å². The highest BCUT2D eigenvalue weighted by atomic mass is 127. The number of hydrogen-bond acceptors (Lipinski definition) is 3. The van der Waals surface area contributed by atoms with Crippen LogP contribution in [0.2, 0.25) is 0 Å². The number of aliphatic hydroxyl groups excluding tert-OH is 1. The molecule has 0 aliphatic carbocycles. The SMILES string of the molecule is CC(C)N(CCCO)C(=O)c1cc(I)ccc1O. The molecule has 4 nitrogen and oxygen atoms in total. The molecule has 1 rings (SSSR count). The number of carbonyl (C=O) groups is 1. The molecule has 0 unspecified atom stereocenters. The van der Waals surface area contributed by atoms with Crippen molar-refractivity contribution in [3.63, 3.8) is 0 Å². The molecule has 1 amide bonds. The van der Waals surface area contributed by atoms with Crippen molar-refractivity contribution in [2.24, 2.45) is 0 Å². The summed E-state index contributed by atoms with van der Waals surface area (Å²) in [4.78, 5) is 14.0. The average Bonchev–Trinajstić information content (AvgIpc) is 2.32. The van der Waals surface area contributed by atoms with E-state index in [4.69, 9.17) is 5.11 Å². The molecule has 1 aromatic carbocycles. The van der Waals surface area contributed by atoms with Crippen LogP contribution in [0.5, 0.6) is 5.75 Å². The summed E-state index contributed by atoms with van der Waals surface area (Å²) in [5, 5.41) is 18.6. The molecule has 0 saturated heterocycles. The van der Waals surface area contributed by atoms with Crippen molar-refractivity contribution in [3.8, 4) is 5.75 Å². The minimum absolute atomic E-state index is 0.00457. The molecule has 2 N–H and O–H groups in total. The van der Waals surface area contributed by atoms with Crippen LogP contribution in [0.4, 0.5) is 0 Å². The third-order valence-electron chi connectivity index (χ3n) is 2.63. The zero-order chi connectivity index (χ0) is 13.7. The van der Waals surface area contributed by atoms with E-state index in [0.717, 1.165) is 3.57 Å². The second kappa shape index (κ2) is 6.94. The Morgan fingerprint density at radius 2 is 2.11 bits per heavy atom. The minimum Gasteiger partial charge on any atom is -0.507 e. The number of aliphatic hydroxyl groups is 1. The highest BCUT2D eigenvalue weighted by Gasteiger charge is 2.21. The van der Waals surface area contributed by atoms with Gasteiger partial charge in [-0.15, -0.1) is 0 Å². The van der Waals surface area contributed by atoms with Gasteiger partial charge in [0.25, 0.3) is 5.91 Å². The van der Waals surface area contributed by atoms with E-state index in [0.29, 0.717) is 18.5 Å². The molecule has 0 saturated carbocycles. The average molecular weight is 363 g/mol. The van der Waals surface area contributed by atoms with E-state index in [-0.39, 0.29) is 24.3 Å². The summed E-state index contributed by atoms with van der Waals surface area (Å²) in [5.41, 5.74) is 0.313. The summed E-state index contributed by atoms with van der Waals surface area (Å²) in [6.45, 7) is 4.37. The highest BCUT2D eigenvalue weighted by molar-refractivity contribution is 14.1. The Bertz CT molecular complexity index is 421. The third kappa shape index (κ3) is 3.84. The van der Waals surface area contributed by atoms with Crippen LogP contribution in [0.25, 0.3) is 0 Å². The van der Waals surface area contributed by atoms with E-state index in [1.807, 2.05) is 13.8 Å². The highest BCUT2D eigenvalue weighted by Crippen LogP contribution is 2.22. The van der Waals surface area contributed by atoms with Crippen molar-refractivity contribution in [2.75, 3.05) is 13.2 Å². The van der Waals surface area contributed by atoms with Crippen LogP contribution in [-0.2, 0) is 0 Å². The molecule has 0 atom stereocenters. The smallest absolute Gasteiger partial charge is 0.257 e. The normalized spacial score (nSPS) is 10.7. The standard InChI is InChI=1S/C13H18INO3/c1-9(2)15(6-3-7-16)13(18)11-8-10(14)4-5-12(11)17/h4-5,8-9,16-17H,3,6-7H2,1-2H3. The molecule has 5 heteroatoms. The Labute approximate surface area is 121 Å². The Hall–Kier alpha value is -0.820. The number of benzene rings is 1. The number of rotatable bonds is 5. The lowest BCUT2D eigenvalue weighted by atomic mass is 10.1. The number of carbonyl (C=O) groups excluding carboxylic acids is 1. The lowest BCUT2D eigenvalue weighted by Crippen LogP contribution is -2.38.